The van der Waals surface area contributed by atoms with Crippen LogP contribution in [0.3, 0.4) is 0 Å². The van der Waals surface area contributed by atoms with Gasteiger partial charge in [0.1, 0.15) is 6.04 Å². The predicted octanol–water partition coefficient (Wildman–Crippen LogP) is 5.19. The van der Waals surface area contributed by atoms with E-state index in [1.165, 1.54) is 0 Å². The second-order valence-corrected chi connectivity index (χ2v) is 10.8. The highest BCUT2D eigenvalue weighted by atomic mass is 16.4. The molecule has 0 heterocycles. The highest BCUT2D eigenvalue weighted by molar-refractivity contribution is 5.87. The van der Waals surface area contributed by atoms with Crippen molar-refractivity contribution >= 4 is 29.7 Å². The van der Waals surface area contributed by atoms with Crippen molar-refractivity contribution < 1.29 is 39.3 Å². The first-order chi connectivity index (χ1) is 19.6. The van der Waals surface area contributed by atoms with Gasteiger partial charge in [0.2, 0.25) is 11.8 Å². The monoisotopic (exact) mass is 576 g/mol. The van der Waals surface area contributed by atoms with Crippen molar-refractivity contribution in [3.05, 3.63) is 35.4 Å². The van der Waals surface area contributed by atoms with Gasteiger partial charge in [-0.05, 0) is 56.2 Å². The number of unbranched alkanes of at least 4 members (excludes halogenated alkanes) is 9. The van der Waals surface area contributed by atoms with Gasteiger partial charge in [-0.1, -0.05) is 70.4 Å². The fraction of sp³-hybridized carbons (Fsp3) is 0.645. The minimum absolute atomic E-state index is 0.0116. The Kier molecular flexibility index (Phi) is 18.5. The van der Waals surface area contributed by atoms with Crippen LogP contribution in [0.25, 0.3) is 0 Å². The standard InChI is InChI=1S/C31H48N2O8/c1-23(29(36)37)14-11-12-21-32-27(34)20-19-26(31(40)41)33-28(35)18-10-8-6-4-2-3-5-7-9-15-24-16-13-17-25(22-24)30(38)39/h13,16-17,22-23,26H,2-12,14-15,18-21H2,1H3,(H,32,34)(H,33,35)(H,36,37)(H,38,39)(H,40,41)/t23-,26-/m0/s1. The van der Waals surface area contributed by atoms with Crippen LogP contribution in [0.5, 0.6) is 0 Å². The molecule has 0 aliphatic rings. The molecular formula is C31H48N2O8. The first-order valence-electron chi connectivity index (χ1n) is 14.9. The molecule has 1 aromatic rings. The van der Waals surface area contributed by atoms with Gasteiger partial charge in [0.15, 0.2) is 0 Å². The fourth-order valence-electron chi connectivity index (χ4n) is 4.53. The Labute approximate surface area is 243 Å². The van der Waals surface area contributed by atoms with E-state index in [-0.39, 0.29) is 31.1 Å². The van der Waals surface area contributed by atoms with Crippen LogP contribution in [-0.4, -0.2) is 57.6 Å². The van der Waals surface area contributed by atoms with Crippen LogP contribution in [0.2, 0.25) is 0 Å². The Balaban J connectivity index is 2.05. The maximum Gasteiger partial charge on any atom is 0.335 e. The third-order valence-electron chi connectivity index (χ3n) is 7.14. The maximum atomic E-state index is 12.2. The molecule has 0 radical (unpaired) electrons. The molecule has 230 valence electrons. The number of benzene rings is 1. The molecule has 41 heavy (non-hydrogen) atoms. The predicted molar refractivity (Wildman–Crippen MR) is 156 cm³/mol. The molecule has 5 N–H and O–H groups in total. The van der Waals surface area contributed by atoms with Crippen LogP contribution in [0.15, 0.2) is 24.3 Å². The van der Waals surface area contributed by atoms with E-state index >= 15 is 0 Å². The summed E-state index contributed by atoms with van der Waals surface area (Å²) in [6, 6.07) is 5.99. The second-order valence-electron chi connectivity index (χ2n) is 10.8. The molecule has 10 nitrogen and oxygen atoms in total. The van der Waals surface area contributed by atoms with E-state index < -0.39 is 29.9 Å². The maximum absolute atomic E-state index is 12.2. The van der Waals surface area contributed by atoms with E-state index in [9.17, 15) is 29.1 Å². The molecule has 0 aliphatic heterocycles. The number of carbonyl (C=O) groups is 5. The van der Waals surface area contributed by atoms with Crippen LogP contribution in [0, 0.1) is 5.92 Å². The Bertz CT molecular complexity index is 965. The first kappa shape index (κ1) is 35.6. The molecule has 1 aromatic carbocycles. The summed E-state index contributed by atoms with van der Waals surface area (Å²) in [7, 11) is 0. The van der Waals surface area contributed by atoms with E-state index in [1.54, 1.807) is 25.1 Å². The lowest BCUT2D eigenvalue weighted by Gasteiger charge is -2.14. The number of carboxylic acid groups (broad SMARTS) is 3. The van der Waals surface area contributed by atoms with Crippen molar-refractivity contribution in [3.8, 4) is 0 Å². The van der Waals surface area contributed by atoms with Gasteiger partial charge in [0, 0.05) is 19.4 Å². The van der Waals surface area contributed by atoms with Crippen LogP contribution in [-0.2, 0) is 25.6 Å². The molecule has 0 unspecified atom stereocenters. The van der Waals surface area contributed by atoms with Crippen molar-refractivity contribution in [2.45, 2.75) is 116 Å². The zero-order chi connectivity index (χ0) is 30.5. The molecule has 0 spiro atoms. The van der Waals surface area contributed by atoms with Gasteiger partial charge < -0.3 is 26.0 Å². The molecule has 0 fully saturated rings. The van der Waals surface area contributed by atoms with E-state index in [0.29, 0.717) is 37.8 Å². The number of hydrogen-bond donors (Lipinski definition) is 5. The molecule has 0 aliphatic carbocycles. The summed E-state index contributed by atoms with van der Waals surface area (Å²) in [5.74, 6) is -3.93. The minimum atomic E-state index is -1.16. The van der Waals surface area contributed by atoms with Crippen molar-refractivity contribution in [1.29, 1.82) is 0 Å². The van der Waals surface area contributed by atoms with Gasteiger partial charge in [-0.25, -0.2) is 9.59 Å². The van der Waals surface area contributed by atoms with Gasteiger partial charge in [-0.15, -0.1) is 0 Å². The van der Waals surface area contributed by atoms with Crippen LogP contribution in [0.4, 0.5) is 0 Å². The number of aryl methyl sites for hydroxylation is 1. The summed E-state index contributed by atoms with van der Waals surface area (Å²) in [6.07, 6.45) is 12.3. The average Bonchev–Trinajstić information content (AvgIpc) is 2.93. The summed E-state index contributed by atoms with van der Waals surface area (Å²) in [5, 5.41) is 32.5. The normalized spacial score (nSPS) is 12.3. The van der Waals surface area contributed by atoms with E-state index in [1.807, 2.05) is 6.07 Å². The van der Waals surface area contributed by atoms with Crippen LogP contribution < -0.4 is 10.6 Å². The Morgan fingerprint density at radius 2 is 1.34 bits per heavy atom. The third kappa shape index (κ3) is 17.8. The Hall–Kier alpha value is -3.43. The van der Waals surface area contributed by atoms with Crippen molar-refractivity contribution in [2.75, 3.05) is 6.54 Å². The van der Waals surface area contributed by atoms with Crippen LogP contribution >= 0.6 is 0 Å². The summed E-state index contributed by atoms with van der Waals surface area (Å²) in [4.78, 5) is 57.5. The lowest BCUT2D eigenvalue weighted by atomic mass is 10.0. The number of aliphatic carboxylic acids is 2. The minimum Gasteiger partial charge on any atom is -0.481 e. The number of rotatable bonds is 24. The van der Waals surface area contributed by atoms with Crippen molar-refractivity contribution in [2.24, 2.45) is 5.92 Å². The number of carboxylic acids is 3. The SMILES string of the molecule is C[C@@H](CCCCNC(=O)CC[C@H](NC(=O)CCCCCCCCCCCc1cccc(C(=O)O)c1)C(=O)O)C(=O)O. The molecule has 2 atom stereocenters. The summed E-state index contributed by atoms with van der Waals surface area (Å²) in [5.41, 5.74) is 1.39. The Morgan fingerprint density at radius 1 is 0.707 bits per heavy atom. The van der Waals surface area contributed by atoms with E-state index in [0.717, 1.165) is 63.4 Å². The largest absolute Gasteiger partial charge is 0.481 e. The lowest BCUT2D eigenvalue weighted by molar-refractivity contribution is -0.142. The highest BCUT2D eigenvalue weighted by Crippen LogP contribution is 2.14. The third-order valence-corrected chi connectivity index (χ3v) is 7.14. The van der Waals surface area contributed by atoms with Gasteiger partial charge in [0.25, 0.3) is 0 Å². The molecule has 2 amide bonds. The topological polar surface area (TPSA) is 170 Å². The number of carbonyl (C=O) groups excluding carboxylic acids is 2. The molecule has 0 bridgehead atoms. The van der Waals surface area contributed by atoms with Gasteiger partial charge in [-0.2, -0.15) is 0 Å². The zero-order valence-corrected chi connectivity index (χ0v) is 24.4. The highest BCUT2D eigenvalue weighted by Gasteiger charge is 2.20. The molecule has 0 saturated heterocycles. The van der Waals surface area contributed by atoms with E-state index in [2.05, 4.69) is 10.6 Å². The fourth-order valence-corrected chi connectivity index (χ4v) is 4.53. The quantitative estimate of drug-likeness (QED) is 0.105. The number of nitrogens with one attached hydrogen (secondary N) is 2. The number of aromatic carboxylic acids is 1. The van der Waals surface area contributed by atoms with Gasteiger partial charge in [0.05, 0.1) is 11.5 Å². The molecule has 0 aromatic heterocycles. The van der Waals surface area contributed by atoms with Crippen LogP contribution in [0.1, 0.15) is 119 Å². The van der Waals surface area contributed by atoms with Crippen molar-refractivity contribution in [3.63, 3.8) is 0 Å². The number of hydrogen-bond acceptors (Lipinski definition) is 5. The Morgan fingerprint density at radius 3 is 1.95 bits per heavy atom. The average molecular weight is 577 g/mol. The summed E-state index contributed by atoms with van der Waals surface area (Å²) < 4.78 is 0. The second kappa shape index (κ2) is 21.3. The molecule has 0 saturated carbocycles. The first-order valence-corrected chi connectivity index (χ1v) is 14.9. The summed E-state index contributed by atoms with van der Waals surface area (Å²) in [6.45, 7) is 2.04. The number of amides is 2. The smallest absolute Gasteiger partial charge is 0.335 e. The van der Waals surface area contributed by atoms with E-state index in [4.69, 9.17) is 10.2 Å². The lowest BCUT2D eigenvalue weighted by Crippen LogP contribution is -2.41. The van der Waals surface area contributed by atoms with Gasteiger partial charge >= 0.3 is 17.9 Å². The van der Waals surface area contributed by atoms with Crippen molar-refractivity contribution in [1.82, 2.24) is 10.6 Å². The summed E-state index contributed by atoms with van der Waals surface area (Å²) >= 11 is 0. The molecule has 1 rings (SSSR count). The zero-order valence-electron chi connectivity index (χ0n) is 24.4. The van der Waals surface area contributed by atoms with Gasteiger partial charge in [-0.3, -0.25) is 14.4 Å². The molecular weight excluding hydrogens is 528 g/mol. The molecule has 10 heteroatoms.